The molecule has 4 aliphatic rings. The molecular weight excluding hydrogens is 357 g/mol. The topological polar surface area (TPSA) is 57.5 Å². The second kappa shape index (κ2) is 5.74. The van der Waals surface area contributed by atoms with E-state index in [1.807, 2.05) is 0 Å². The number of hydrogen-bond donors (Lipinski definition) is 2. The van der Waals surface area contributed by atoms with Gasteiger partial charge in [0.05, 0.1) is 6.26 Å². The summed E-state index contributed by atoms with van der Waals surface area (Å²) in [5.74, 6) is 0.496. The van der Waals surface area contributed by atoms with Gasteiger partial charge in [-0.3, -0.25) is 4.79 Å². The van der Waals surface area contributed by atoms with Crippen molar-refractivity contribution in [2.45, 2.75) is 77.0 Å². The van der Waals surface area contributed by atoms with Crippen molar-refractivity contribution in [2.75, 3.05) is 0 Å². The van der Waals surface area contributed by atoms with Crippen LogP contribution in [0.2, 0.25) is 0 Å². The number of fused-ring (bicyclic) bond motifs is 5. The third-order valence-corrected chi connectivity index (χ3v) is 9.20. The molecule has 0 saturated heterocycles. The minimum Gasteiger partial charge on any atom is -0.515 e. The molecule has 0 aromatic rings. The number of allylic oxidation sites excluding steroid dienone is 1. The molecule has 152 valence electrons. The zero-order valence-corrected chi connectivity index (χ0v) is 16.0. The lowest BCUT2D eigenvalue weighted by Gasteiger charge is -2.61. The van der Waals surface area contributed by atoms with Crippen molar-refractivity contribution in [2.24, 2.45) is 34.5 Å². The number of aliphatic hydroxyl groups is 2. The highest BCUT2D eigenvalue weighted by Crippen LogP contribution is 2.70. The van der Waals surface area contributed by atoms with Crippen LogP contribution in [0.4, 0.5) is 13.2 Å². The van der Waals surface area contributed by atoms with Gasteiger partial charge >= 0.3 is 6.18 Å². The van der Waals surface area contributed by atoms with E-state index in [1.165, 1.54) is 0 Å². The third kappa shape index (κ3) is 2.34. The molecule has 0 bridgehead atoms. The largest absolute Gasteiger partial charge is 0.515 e. The van der Waals surface area contributed by atoms with E-state index in [2.05, 4.69) is 6.92 Å². The molecule has 6 heteroatoms. The van der Waals surface area contributed by atoms with Gasteiger partial charge < -0.3 is 10.2 Å². The van der Waals surface area contributed by atoms with E-state index >= 15 is 0 Å². The van der Waals surface area contributed by atoms with Crippen LogP contribution in [0.15, 0.2) is 11.8 Å². The van der Waals surface area contributed by atoms with Crippen LogP contribution < -0.4 is 0 Å². The van der Waals surface area contributed by atoms with Gasteiger partial charge in [-0.25, -0.2) is 0 Å². The normalized spacial score (nSPS) is 51.6. The van der Waals surface area contributed by atoms with Crippen molar-refractivity contribution < 1.29 is 28.2 Å². The first kappa shape index (κ1) is 19.3. The quantitative estimate of drug-likeness (QED) is 0.458. The van der Waals surface area contributed by atoms with Gasteiger partial charge in [0.2, 0.25) is 0 Å². The zero-order chi connectivity index (χ0) is 19.8. The summed E-state index contributed by atoms with van der Waals surface area (Å²) in [6.45, 7) is 3.81. The van der Waals surface area contributed by atoms with Gasteiger partial charge in [0, 0.05) is 17.4 Å². The highest BCUT2D eigenvalue weighted by Gasteiger charge is 2.72. The van der Waals surface area contributed by atoms with Crippen LogP contribution in [0, 0.1) is 34.5 Å². The highest BCUT2D eigenvalue weighted by atomic mass is 19.4. The van der Waals surface area contributed by atoms with Gasteiger partial charge in [0.15, 0.2) is 11.4 Å². The molecule has 4 rings (SSSR count). The summed E-state index contributed by atoms with van der Waals surface area (Å²) in [5, 5.41) is 20.1. The molecule has 0 heterocycles. The molecule has 0 spiro atoms. The van der Waals surface area contributed by atoms with Gasteiger partial charge in [-0.2, -0.15) is 13.2 Å². The molecular formula is C21H29F3O3. The predicted molar refractivity (Wildman–Crippen MR) is 93.8 cm³/mol. The van der Waals surface area contributed by atoms with Crippen LogP contribution in [0.3, 0.4) is 0 Å². The second-order valence-corrected chi connectivity index (χ2v) is 9.97. The van der Waals surface area contributed by atoms with Gasteiger partial charge in [0.25, 0.3) is 0 Å². The van der Waals surface area contributed by atoms with Crippen LogP contribution in [0.1, 0.15) is 65.2 Å². The molecule has 0 amide bonds. The average Bonchev–Trinajstić information content (AvgIpc) is 2.87. The standard InChI is InChI=1S/C21H29F3O3/c1-18-10-12(11-25)17(26)9-13(18)3-4-14-15(18)5-7-19(2)16(14)6-8-20(19,27)21(22,23)24/h11,13-16,25,27H,3-10H2,1-2H3/t13-,14+,15-,16-,18-,19-,20-/m0/s1. The summed E-state index contributed by atoms with van der Waals surface area (Å²) < 4.78 is 41.2. The van der Waals surface area contributed by atoms with Crippen LogP contribution in [0.5, 0.6) is 0 Å². The first-order valence-corrected chi connectivity index (χ1v) is 10.1. The lowest BCUT2D eigenvalue weighted by atomic mass is 9.44. The molecule has 4 aliphatic carbocycles. The number of rotatable bonds is 0. The Hall–Kier alpha value is -1.04. The van der Waals surface area contributed by atoms with Crippen LogP contribution in [-0.2, 0) is 4.79 Å². The van der Waals surface area contributed by atoms with Gasteiger partial charge in [-0.1, -0.05) is 13.8 Å². The fourth-order valence-corrected chi connectivity index (χ4v) is 7.61. The maximum Gasteiger partial charge on any atom is 0.417 e. The van der Waals surface area contributed by atoms with Gasteiger partial charge in [-0.15, -0.1) is 0 Å². The molecule has 0 aliphatic heterocycles. The number of hydrogen-bond acceptors (Lipinski definition) is 3. The molecule has 0 aromatic carbocycles. The molecule has 2 N–H and O–H groups in total. The Bertz CT molecular complexity index is 687. The fraction of sp³-hybridized carbons (Fsp3) is 0.857. The first-order valence-electron chi connectivity index (χ1n) is 10.1. The van der Waals surface area contributed by atoms with Gasteiger partial charge in [-0.05, 0) is 74.0 Å². The van der Waals surface area contributed by atoms with Gasteiger partial charge in [0.1, 0.15) is 0 Å². The van der Waals surface area contributed by atoms with E-state index < -0.39 is 17.2 Å². The maximum absolute atomic E-state index is 13.7. The summed E-state index contributed by atoms with van der Waals surface area (Å²) in [6.07, 6.45) is 0.175. The molecule has 0 unspecified atom stereocenters. The Morgan fingerprint density at radius 1 is 1.07 bits per heavy atom. The van der Waals surface area contributed by atoms with Crippen molar-refractivity contribution in [1.82, 2.24) is 0 Å². The van der Waals surface area contributed by atoms with Crippen molar-refractivity contribution in [3.63, 3.8) is 0 Å². The Kier molecular flexibility index (Phi) is 4.10. The van der Waals surface area contributed by atoms with Crippen LogP contribution in [-0.4, -0.2) is 27.8 Å². The molecule has 4 fully saturated rings. The number of Topliss-reactive ketones (excluding diaryl/α,β-unsaturated/α-hetero) is 1. The van der Waals surface area contributed by atoms with Crippen LogP contribution >= 0.6 is 0 Å². The third-order valence-electron chi connectivity index (χ3n) is 9.20. The summed E-state index contributed by atoms with van der Waals surface area (Å²) in [7, 11) is 0. The van der Waals surface area contributed by atoms with Crippen molar-refractivity contribution in [3.05, 3.63) is 11.8 Å². The SMILES string of the molecule is C[C@]12CC(=CO)C(=O)C[C@@H]1CC[C@@H]1[C@@H]2CC[C@@]2(C)[C@H]1CC[C@@]2(O)C(F)(F)F. The Morgan fingerprint density at radius 2 is 1.74 bits per heavy atom. The molecule has 27 heavy (non-hydrogen) atoms. The summed E-state index contributed by atoms with van der Waals surface area (Å²) in [6, 6.07) is 0. The van der Waals surface area contributed by atoms with E-state index in [0.717, 1.165) is 19.1 Å². The maximum atomic E-state index is 13.7. The number of halogens is 3. The summed E-state index contributed by atoms with van der Waals surface area (Å²) >= 11 is 0. The van der Waals surface area contributed by atoms with Crippen molar-refractivity contribution in [1.29, 1.82) is 0 Å². The number of alkyl halides is 3. The van der Waals surface area contributed by atoms with Crippen molar-refractivity contribution >= 4 is 5.78 Å². The minimum atomic E-state index is -4.60. The van der Waals surface area contributed by atoms with E-state index in [1.54, 1.807) is 6.92 Å². The lowest BCUT2D eigenvalue weighted by molar-refractivity contribution is -0.304. The van der Waals surface area contributed by atoms with E-state index in [0.29, 0.717) is 37.7 Å². The molecule has 7 atom stereocenters. The summed E-state index contributed by atoms with van der Waals surface area (Å²) in [5.41, 5.74) is -3.42. The van der Waals surface area contributed by atoms with Crippen molar-refractivity contribution in [3.8, 4) is 0 Å². The first-order chi connectivity index (χ1) is 12.5. The number of aliphatic hydroxyl groups excluding tert-OH is 1. The minimum absolute atomic E-state index is 0.00591. The van der Waals surface area contributed by atoms with E-state index in [4.69, 9.17) is 0 Å². The lowest BCUT2D eigenvalue weighted by Crippen LogP contribution is -2.60. The molecule has 3 nitrogen and oxygen atoms in total. The second-order valence-electron chi connectivity index (χ2n) is 9.97. The Morgan fingerprint density at radius 3 is 2.37 bits per heavy atom. The number of carbonyl (C=O) groups is 1. The van der Waals surface area contributed by atoms with E-state index in [-0.39, 0.29) is 41.3 Å². The number of carbonyl (C=O) groups excluding carboxylic acids is 1. The molecule has 0 aromatic heterocycles. The Labute approximate surface area is 158 Å². The smallest absolute Gasteiger partial charge is 0.417 e. The average molecular weight is 386 g/mol. The molecule has 0 radical (unpaired) electrons. The van der Waals surface area contributed by atoms with Crippen LogP contribution in [0.25, 0.3) is 0 Å². The Balaban J connectivity index is 1.68. The predicted octanol–water partition coefficient (Wildman–Crippen LogP) is 4.94. The molecule has 4 saturated carbocycles. The highest BCUT2D eigenvalue weighted by molar-refractivity contribution is 5.96. The zero-order valence-electron chi connectivity index (χ0n) is 16.0. The fourth-order valence-electron chi connectivity index (χ4n) is 7.61. The van der Waals surface area contributed by atoms with E-state index in [9.17, 15) is 28.2 Å². The summed E-state index contributed by atoms with van der Waals surface area (Å²) in [4.78, 5) is 12.2. The monoisotopic (exact) mass is 386 g/mol. The number of ketones is 1.